The Labute approximate surface area is 100 Å². The number of methoxy groups -OCH3 is 1. The minimum absolute atomic E-state index is 0.320. The van der Waals surface area contributed by atoms with Crippen molar-refractivity contribution >= 4 is 11.6 Å². The third-order valence-corrected chi connectivity index (χ3v) is 2.06. The zero-order chi connectivity index (χ0) is 12.7. The Balaban J connectivity index is 2.66. The quantitative estimate of drug-likeness (QED) is 0.396. The van der Waals surface area contributed by atoms with Gasteiger partial charge in [-0.25, -0.2) is 15.8 Å². The topological polar surface area (TPSA) is 105 Å². The van der Waals surface area contributed by atoms with E-state index >= 15 is 0 Å². The smallest absolute Gasteiger partial charge is 0.158 e. The molecule has 17 heavy (non-hydrogen) atoms. The Morgan fingerprint density at radius 1 is 1.47 bits per heavy atom. The van der Waals surface area contributed by atoms with Gasteiger partial charge in [-0.2, -0.15) is 0 Å². The first-order valence-electron chi connectivity index (χ1n) is 5.41. The lowest BCUT2D eigenvalue weighted by Gasteiger charge is -2.10. The molecule has 1 heterocycles. The van der Waals surface area contributed by atoms with Gasteiger partial charge in [-0.3, -0.25) is 0 Å². The molecule has 0 fully saturated rings. The fourth-order valence-electron chi connectivity index (χ4n) is 1.26. The van der Waals surface area contributed by atoms with Crippen LogP contribution in [0.25, 0.3) is 0 Å². The number of aliphatic hydroxyl groups is 1. The van der Waals surface area contributed by atoms with Gasteiger partial charge < -0.3 is 20.6 Å². The standard InChI is InChI=1S/C10H19N5O2/c1-7(16)3-4-12-8-5-9(15-11)14-10(13-8)6-17-2/h5,7,16H,3-4,6,11H2,1-2H3,(H2,12,13,14,15). The van der Waals surface area contributed by atoms with Gasteiger partial charge in [0.25, 0.3) is 0 Å². The van der Waals surface area contributed by atoms with Crippen LogP contribution in [-0.2, 0) is 11.3 Å². The highest BCUT2D eigenvalue weighted by atomic mass is 16.5. The minimum Gasteiger partial charge on any atom is -0.393 e. The van der Waals surface area contributed by atoms with E-state index in [0.717, 1.165) is 0 Å². The van der Waals surface area contributed by atoms with E-state index in [2.05, 4.69) is 20.7 Å². The maximum absolute atomic E-state index is 9.14. The van der Waals surface area contributed by atoms with Crippen molar-refractivity contribution in [1.29, 1.82) is 0 Å². The first-order valence-corrected chi connectivity index (χ1v) is 5.41. The normalized spacial score (nSPS) is 12.2. The number of hydrogen-bond donors (Lipinski definition) is 4. The van der Waals surface area contributed by atoms with E-state index < -0.39 is 0 Å². The van der Waals surface area contributed by atoms with Crippen LogP contribution in [0.4, 0.5) is 11.6 Å². The van der Waals surface area contributed by atoms with Crippen LogP contribution in [0.5, 0.6) is 0 Å². The Morgan fingerprint density at radius 3 is 2.76 bits per heavy atom. The van der Waals surface area contributed by atoms with Crippen molar-refractivity contribution in [3.8, 4) is 0 Å². The molecule has 0 spiro atoms. The molecule has 1 aromatic rings. The van der Waals surface area contributed by atoms with Gasteiger partial charge in [-0.1, -0.05) is 0 Å². The summed E-state index contributed by atoms with van der Waals surface area (Å²) in [6.07, 6.45) is 0.310. The van der Waals surface area contributed by atoms with Gasteiger partial charge in [0.2, 0.25) is 0 Å². The van der Waals surface area contributed by atoms with Crippen LogP contribution in [0, 0.1) is 0 Å². The Morgan fingerprint density at radius 2 is 2.18 bits per heavy atom. The van der Waals surface area contributed by atoms with Crippen molar-refractivity contribution in [3.63, 3.8) is 0 Å². The molecule has 0 amide bonds. The number of nitrogens with zero attached hydrogens (tertiary/aromatic N) is 2. The van der Waals surface area contributed by atoms with Crippen LogP contribution in [0.3, 0.4) is 0 Å². The van der Waals surface area contributed by atoms with Gasteiger partial charge in [-0.15, -0.1) is 0 Å². The Kier molecular flexibility index (Phi) is 5.61. The molecule has 5 N–H and O–H groups in total. The summed E-state index contributed by atoms with van der Waals surface area (Å²) in [5.41, 5.74) is 2.47. The van der Waals surface area contributed by atoms with Gasteiger partial charge >= 0.3 is 0 Å². The number of hydrogen-bond acceptors (Lipinski definition) is 7. The summed E-state index contributed by atoms with van der Waals surface area (Å²) in [7, 11) is 1.58. The molecule has 1 rings (SSSR count). The molecule has 0 aliphatic rings. The Bertz CT molecular complexity index is 345. The lowest BCUT2D eigenvalue weighted by molar-refractivity contribution is 0.178. The van der Waals surface area contributed by atoms with Gasteiger partial charge in [0.1, 0.15) is 18.2 Å². The largest absolute Gasteiger partial charge is 0.393 e. The van der Waals surface area contributed by atoms with E-state index in [1.165, 1.54) is 0 Å². The Hall–Kier alpha value is -1.44. The van der Waals surface area contributed by atoms with Crippen LogP contribution >= 0.6 is 0 Å². The third-order valence-electron chi connectivity index (χ3n) is 2.06. The molecule has 7 heteroatoms. The van der Waals surface area contributed by atoms with Crippen molar-refractivity contribution < 1.29 is 9.84 Å². The van der Waals surface area contributed by atoms with Crippen LogP contribution < -0.4 is 16.6 Å². The highest BCUT2D eigenvalue weighted by molar-refractivity contribution is 5.46. The molecule has 1 unspecified atom stereocenters. The number of nitrogens with one attached hydrogen (secondary N) is 2. The molecule has 1 aromatic heterocycles. The fraction of sp³-hybridized carbons (Fsp3) is 0.600. The van der Waals surface area contributed by atoms with E-state index in [1.807, 2.05) is 0 Å². The van der Waals surface area contributed by atoms with Crippen molar-refractivity contribution in [2.24, 2.45) is 5.84 Å². The zero-order valence-electron chi connectivity index (χ0n) is 10.1. The number of nitrogens with two attached hydrogens (primary N) is 1. The number of nitrogen functional groups attached to an aromatic ring is 1. The summed E-state index contributed by atoms with van der Waals surface area (Å²) in [5.74, 6) is 7.03. The molecule has 0 radical (unpaired) electrons. The minimum atomic E-state index is -0.338. The van der Waals surface area contributed by atoms with Crippen molar-refractivity contribution in [1.82, 2.24) is 9.97 Å². The maximum Gasteiger partial charge on any atom is 0.158 e. The lowest BCUT2D eigenvalue weighted by atomic mass is 10.3. The SMILES string of the molecule is COCc1nc(NN)cc(NCCC(C)O)n1. The summed E-state index contributed by atoms with van der Waals surface area (Å²) >= 11 is 0. The molecular formula is C10H19N5O2. The summed E-state index contributed by atoms with van der Waals surface area (Å²) in [5, 5.41) is 12.2. The highest BCUT2D eigenvalue weighted by Gasteiger charge is 2.04. The molecule has 0 saturated heterocycles. The van der Waals surface area contributed by atoms with Crippen LogP contribution in [-0.4, -0.2) is 34.8 Å². The maximum atomic E-state index is 9.14. The predicted molar refractivity (Wildman–Crippen MR) is 65.3 cm³/mol. The summed E-state index contributed by atoms with van der Waals surface area (Å²) in [4.78, 5) is 8.37. The van der Waals surface area contributed by atoms with Crippen molar-refractivity contribution in [3.05, 3.63) is 11.9 Å². The highest BCUT2D eigenvalue weighted by Crippen LogP contribution is 2.11. The second kappa shape index (κ2) is 7.00. The predicted octanol–water partition coefficient (Wildman–Crippen LogP) is 0.0914. The number of hydrazine groups is 1. The summed E-state index contributed by atoms with van der Waals surface area (Å²) in [6.45, 7) is 2.69. The zero-order valence-corrected chi connectivity index (χ0v) is 10.1. The van der Waals surface area contributed by atoms with Gasteiger partial charge in [0.05, 0.1) is 6.10 Å². The number of anilines is 2. The molecule has 0 aromatic carbocycles. The number of rotatable bonds is 7. The molecule has 0 aliphatic heterocycles. The van der Waals surface area contributed by atoms with E-state index in [1.54, 1.807) is 20.1 Å². The van der Waals surface area contributed by atoms with Crippen LogP contribution in [0.2, 0.25) is 0 Å². The van der Waals surface area contributed by atoms with Gasteiger partial charge in [-0.05, 0) is 13.3 Å². The van der Waals surface area contributed by atoms with E-state index in [4.69, 9.17) is 15.7 Å². The molecule has 0 aliphatic carbocycles. The van der Waals surface area contributed by atoms with Gasteiger partial charge in [0, 0.05) is 19.7 Å². The number of ether oxygens (including phenoxy) is 1. The fourth-order valence-corrected chi connectivity index (χ4v) is 1.26. The molecule has 0 bridgehead atoms. The van der Waals surface area contributed by atoms with Crippen molar-refractivity contribution in [2.75, 3.05) is 24.4 Å². The number of aromatic nitrogens is 2. The summed E-state index contributed by atoms with van der Waals surface area (Å²) < 4.78 is 4.96. The molecule has 1 atom stereocenters. The second-order valence-corrected chi connectivity index (χ2v) is 3.70. The van der Waals surface area contributed by atoms with Crippen molar-refractivity contribution in [2.45, 2.75) is 26.1 Å². The van der Waals surface area contributed by atoms with E-state index in [-0.39, 0.29) is 6.10 Å². The molecule has 0 saturated carbocycles. The average molecular weight is 241 g/mol. The van der Waals surface area contributed by atoms with E-state index in [9.17, 15) is 0 Å². The molecule has 7 nitrogen and oxygen atoms in total. The molecular weight excluding hydrogens is 222 g/mol. The average Bonchev–Trinajstić information content (AvgIpc) is 2.28. The number of aliphatic hydroxyl groups excluding tert-OH is 1. The lowest BCUT2D eigenvalue weighted by Crippen LogP contribution is -2.14. The van der Waals surface area contributed by atoms with E-state index in [0.29, 0.717) is 37.0 Å². The van der Waals surface area contributed by atoms with Gasteiger partial charge in [0.15, 0.2) is 5.82 Å². The van der Waals surface area contributed by atoms with Crippen LogP contribution in [0.15, 0.2) is 6.07 Å². The first-order chi connectivity index (χ1) is 8.15. The second-order valence-electron chi connectivity index (χ2n) is 3.70. The third kappa shape index (κ3) is 4.94. The summed E-state index contributed by atoms with van der Waals surface area (Å²) in [6, 6.07) is 1.70. The first kappa shape index (κ1) is 13.6. The molecule has 96 valence electrons. The van der Waals surface area contributed by atoms with Crippen LogP contribution in [0.1, 0.15) is 19.2 Å². The monoisotopic (exact) mass is 241 g/mol.